The van der Waals surface area contributed by atoms with Gasteiger partial charge in [-0.15, -0.1) is 0 Å². The van der Waals surface area contributed by atoms with Crippen LogP contribution >= 0.6 is 0 Å². The maximum Gasteiger partial charge on any atom is 0.314 e. The number of rotatable bonds is 0. The highest BCUT2D eigenvalue weighted by Crippen LogP contribution is 2.21. The molecule has 0 radical (unpaired) electrons. The number of aromatic amines is 1. The normalized spacial score (nSPS) is 11.0. The molecular formula is C8H2F4N2O2. The van der Waals surface area contributed by atoms with Crippen LogP contribution in [0.25, 0.3) is 11.0 Å². The minimum atomic E-state index is -2.11. The van der Waals surface area contributed by atoms with Gasteiger partial charge in [0.15, 0.2) is 17.2 Å². The Kier molecular flexibility index (Phi) is 2.07. The standard InChI is InChI=1S/C8H2F4N2O2/c9-3-4(10)6(12)8-7(5(3)11)13-2(15)1-14(8)16/h1H,(H,13,15). The van der Waals surface area contributed by atoms with E-state index in [0.29, 0.717) is 6.20 Å². The topological polar surface area (TPSA) is 59.8 Å². The molecule has 0 spiro atoms. The number of nitrogens with zero attached hydrogens (tertiary/aromatic N) is 1. The number of hydrogen-bond donors (Lipinski definition) is 1. The van der Waals surface area contributed by atoms with Crippen molar-refractivity contribution in [2.45, 2.75) is 0 Å². The molecule has 0 amide bonds. The van der Waals surface area contributed by atoms with Crippen LogP contribution in [0.1, 0.15) is 0 Å². The Bertz CT molecular complexity index is 653. The van der Waals surface area contributed by atoms with Crippen LogP contribution in [0.3, 0.4) is 0 Å². The van der Waals surface area contributed by atoms with Gasteiger partial charge in [0, 0.05) is 0 Å². The van der Waals surface area contributed by atoms with Gasteiger partial charge in [-0.05, 0) is 0 Å². The van der Waals surface area contributed by atoms with Crippen LogP contribution < -0.4 is 10.3 Å². The minimum Gasteiger partial charge on any atom is -0.618 e. The van der Waals surface area contributed by atoms with Crippen LogP contribution in [0, 0.1) is 28.5 Å². The lowest BCUT2D eigenvalue weighted by atomic mass is 10.2. The number of hydrogen-bond acceptors (Lipinski definition) is 2. The molecule has 1 aromatic heterocycles. The zero-order valence-electron chi connectivity index (χ0n) is 7.35. The second kappa shape index (κ2) is 3.19. The largest absolute Gasteiger partial charge is 0.618 e. The van der Waals surface area contributed by atoms with E-state index in [2.05, 4.69) is 0 Å². The summed E-state index contributed by atoms with van der Waals surface area (Å²) in [4.78, 5) is 12.5. The second-order valence-corrected chi connectivity index (χ2v) is 2.92. The molecule has 0 bridgehead atoms. The summed E-state index contributed by atoms with van der Waals surface area (Å²) in [6.07, 6.45) is 0.336. The van der Waals surface area contributed by atoms with Gasteiger partial charge < -0.3 is 10.2 Å². The summed E-state index contributed by atoms with van der Waals surface area (Å²) in [6, 6.07) is 0. The van der Waals surface area contributed by atoms with Gasteiger partial charge in [-0.3, -0.25) is 4.79 Å². The molecule has 84 valence electrons. The van der Waals surface area contributed by atoms with Crippen molar-refractivity contribution >= 4 is 11.0 Å². The third-order valence-corrected chi connectivity index (χ3v) is 1.95. The van der Waals surface area contributed by atoms with E-state index in [0.717, 1.165) is 0 Å². The van der Waals surface area contributed by atoms with E-state index in [1.807, 2.05) is 0 Å². The first-order chi connectivity index (χ1) is 7.43. The van der Waals surface area contributed by atoms with Crippen molar-refractivity contribution in [1.29, 1.82) is 0 Å². The van der Waals surface area contributed by atoms with E-state index in [1.54, 1.807) is 4.98 Å². The average molecular weight is 234 g/mol. The van der Waals surface area contributed by atoms with Crippen molar-refractivity contribution in [3.05, 3.63) is 45.0 Å². The maximum absolute atomic E-state index is 13.1. The van der Waals surface area contributed by atoms with E-state index >= 15 is 0 Å². The van der Waals surface area contributed by atoms with Gasteiger partial charge in [0.05, 0.1) is 0 Å². The Balaban J connectivity index is 3.14. The highest BCUT2D eigenvalue weighted by molar-refractivity contribution is 5.72. The van der Waals surface area contributed by atoms with Crippen LogP contribution in [-0.4, -0.2) is 4.98 Å². The van der Waals surface area contributed by atoms with Gasteiger partial charge >= 0.3 is 5.56 Å². The Morgan fingerprint density at radius 3 is 2.25 bits per heavy atom. The molecule has 0 aliphatic carbocycles. The summed E-state index contributed by atoms with van der Waals surface area (Å²) in [6.45, 7) is 0. The monoisotopic (exact) mass is 234 g/mol. The van der Waals surface area contributed by atoms with Gasteiger partial charge in [-0.2, -0.15) is 9.12 Å². The van der Waals surface area contributed by atoms with Gasteiger partial charge in [0.2, 0.25) is 17.8 Å². The molecule has 0 unspecified atom stereocenters. The zero-order valence-corrected chi connectivity index (χ0v) is 7.35. The molecule has 0 saturated heterocycles. The number of H-pyrrole nitrogens is 1. The van der Waals surface area contributed by atoms with E-state index in [1.165, 1.54) is 0 Å². The Labute approximate surface area is 84.3 Å². The number of benzene rings is 1. The lowest BCUT2D eigenvalue weighted by molar-refractivity contribution is -0.579. The predicted molar refractivity (Wildman–Crippen MR) is 43.4 cm³/mol. The Morgan fingerprint density at radius 1 is 1.06 bits per heavy atom. The first-order valence-corrected chi connectivity index (χ1v) is 3.91. The fraction of sp³-hybridized carbons (Fsp3) is 0. The average Bonchev–Trinajstić information content (AvgIpc) is 2.22. The van der Waals surface area contributed by atoms with E-state index in [4.69, 9.17) is 0 Å². The fourth-order valence-electron chi connectivity index (χ4n) is 1.27. The quantitative estimate of drug-likeness (QED) is 0.240. The van der Waals surface area contributed by atoms with Crippen molar-refractivity contribution in [2.24, 2.45) is 0 Å². The summed E-state index contributed by atoms with van der Waals surface area (Å²) in [5.74, 6) is -7.88. The summed E-state index contributed by atoms with van der Waals surface area (Å²) in [5.41, 5.74) is -3.18. The fourth-order valence-corrected chi connectivity index (χ4v) is 1.27. The molecular weight excluding hydrogens is 232 g/mol. The van der Waals surface area contributed by atoms with Gasteiger partial charge in [-0.1, -0.05) is 0 Å². The molecule has 0 aliphatic rings. The smallest absolute Gasteiger partial charge is 0.314 e. The molecule has 4 nitrogen and oxygen atoms in total. The predicted octanol–water partition coefficient (Wildman–Crippen LogP) is 0.718. The Morgan fingerprint density at radius 2 is 1.62 bits per heavy atom. The second-order valence-electron chi connectivity index (χ2n) is 2.92. The lowest BCUT2D eigenvalue weighted by Gasteiger charge is -2.04. The molecule has 1 heterocycles. The lowest BCUT2D eigenvalue weighted by Crippen LogP contribution is -2.34. The summed E-state index contributed by atoms with van der Waals surface area (Å²) in [5, 5.41) is 11.0. The number of fused-ring (bicyclic) bond motifs is 1. The Hall–Kier alpha value is -2.12. The van der Waals surface area contributed by atoms with Crippen LogP contribution in [0.4, 0.5) is 17.6 Å². The van der Waals surface area contributed by atoms with Crippen molar-refractivity contribution in [3.8, 4) is 0 Å². The molecule has 1 aromatic carbocycles. The SMILES string of the molecule is O=c1c[n+]([O-])c2c(F)c(F)c(F)c(F)c2[nH]1. The number of aromatic nitrogens is 2. The first-order valence-electron chi connectivity index (χ1n) is 3.91. The van der Waals surface area contributed by atoms with Crippen LogP contribution in [0.2, 0.25) is 0 Å². The highest BCUT2D eigenvalue weighted by Gasteiger charge is 2.26. The highest BCUT2D eigenvalue weighted by atomic mass is 19.2. The molecule has 0 saturated carbocycles. The third-order valence-electron chi connectivity index (χ3n) is 1.95. The van der Waals surface area contributed by atoms with E-state index in [-0.39, 0.29) is 4.73 Å². The molecule has 16 heavy (non-hydrogen) atoms. The van der Waals surface area contributed by atoms with Gasteiger partial charge in [0.1, 0.15) is 0 Å². The molecule has 0 fully saturated rings. The molecule has 8 heteroatoms. The first kappa shape index (κ1) is 10.4. The van der Waals surface area contributed by atoms with Gasteiger partial charge in [-0.25, -0.2) is 13.2 Å². The van der Waals surface area contributed by atoms with Crippen molar-refractivity contribution in [1.82, 2.24) is 4.98 Å². The molecule has 2 rings (SSSR count). The number of nitrogens with one attached hydrogen (secondary N) is 1. The van der Waals surface area contributed by atoms with Gasteiger partial charge in [0.25, 0.3) is 5.52 Å². The van der Waals surface area contributed by atoms with E-state index < -0.39 is 39.9 Å². The van der Waals surface area contributed by atoms with Crippen molar-refractivity contribution in [3.63, 3.8) is 0 Å². The summed E-state index contributed by atoms with van der Waals surface area (Å²) < 4.78 is 51.4. The molecule has 1 N–H and O–H groups in total. The van der Waals surface area contributed by atoms with Crippen LogP contribution in [0.15, 0.2) is 11.0 Å². The van der Waals surface area contributed by atoms with Crippen LogP contribution in [0.5, 0.6) is 0 Å². The van der Waals surface area contributed by atoms with Crippen molar-refractivity contribution < 1.29 is 22.3 Å². The minimum absolute atomic E-state index is 0.336. The molecule has 0 aliphatic heterocycles. The summed E-state index contributed by atoms with van der Waals surface area (Å²) in [7, 11) is 0. The zero-order chi connectivity index (χ0) is 12.0. The number of halogens is 4. The third kappa shape index (κ3) is 1.23. The van der Waals surface area contributed by atoms with Crippen LogP contribution in [-0.2, 0) is 0 Å². The molecule has 2 aromatic rings. The maximum atomic E-state index is 13.1. The van der Waals surface area contributed by atoms with E-state index in [9.17, 15) is 27.6 Å². The van der Waals surface area contributed by atoms with Crippen molar-refractivity contribution in [2.75, 3.05) is 0 Å². The molecule has 0 atom stereocenters. The summed E-state index contributed by atoms with van der Waals surface area (Å²) >= 11 is 0.